The summed E-state index contributed by atoms with van der Waals surface area (Å²) in [5.74, 6) is 0.969. The van der Waals surface area contributed by atoms with Crippen LogP contribution in [0.2, 0.25) is 0 Å². The van der Waals surface area contributed by atoms with Crippen molar-refractivity contribution in [3.63, 3.8) is 0 Å². The topological polar surface area (TPSA) is 73.3 Å². The van der Waals surface area contributed by atoms with E-state index in [9.17, 15) is 4.79 Å². The number of aryl methyl sites for hydroxylation is 1. The number of thiazole rings is 1. The van der Waals surface area contributed by atoms with Crippen molar-refractivity contribution in [2.75, 3.05) is 12.4 Å². The minimum Gasteiger partial charge on any atom is -0.487 e. The van der Waals surface area contributed by atoms with Gasteiger partial charge < -0.3 is 14.8 Å². The molecule has 128 valence electrons. The van der Waals surface area contributed by atoms with Crippen LogP contribution >= 0.6 is 11.3 Å². The van der Waals surface area contributed by atoms with E-state index in [2.05, 4.69) is 15.3 Å². The highest BCUT2D eigenvalue weighted by molar-refractivity contribution is 7.09. The molecule has 0 fully saturated rings. The summed E-state index contributed by atoms with van der Waals surface area (Å²) in [6.45, 7) is 2.37. The molecule has 1 amide bonds. The van der Waals surface area contributed by atoms with Crippen LogP contribution < -0.4 is 14.8 Å². The predicted octanol–water partition coefficient (Wildman–Crippen LogP) is 3.69. The van der Waals surface area contributed by atoms with Gasteiger partial charge in [-0.05, 0) is 37.3 Å². The van der Waals surface area contributed by atoms with Crippen LogP contribution in [-0.4, -0.2) is 23.0 Å². The van der Waals surface area contributed by atoms with Gasteiger partial charge in [-0.15, -0.1) is 11.3 Å². The average molecular weight is 355 g/mol. The lowest BCUT2D eigenvalue weighted by molar-refractivity contribution is 0.102. The number of hydrogen-bond acceptors (Lipinski definition) is 6. The van der Waals surface area contributed by atoms with Crippen LogP contribution in [0.4, 0.5) is 5.69 Å². The summed E-state index contributed by atoms with van der Waals surface area (Å²) in [6.07, 6.45) is 1.55. The van der Waals surface area contributed by atoms with Gasteiger partial charge in [0.1, 0.15) is 12.4 Å². The van der Waals surface area contributed by atoms with Gasteiger partial charge in [-0.25, -0.2) is 9.97 Å². The molecule has 3 rings (SSSR count). The lowest BCUT2D eigenvalue weighted by Crippen LogP contribution is -2.12. The van der Waals surface area contributed by atoms with Crippen LogP contribution in [0.5, 0.6) is 11.6 Å². The van der Waals surface area contributed by atoms with Crippen LogP contribution in [0.25, 0.3) is 0 Å². The Bertz CT molecular complexity index is 845. The highest BCUT2D eigenvalue weighted by Gasteiger charge is 2.07. The molecule has 2 aromatic heterocycles. The molecule has 7 heteroatoms. The third-order valence-corrected chi connectivity index (χ3v) is 4.20. The molecule has 0 bridgehead atoms. The summed E-state index contributed by atoms with van der Waals surface area (Å²) in [7, 11) is 1.54. The molecule has 0 saturated carbocycles. The first-order chi connectivity index (χ1) is 12.1. The van der Waals surface area contributed by atoms with Crippen molar-refractivity contribution in [3.8, 4) is 11.6 Å². The van der Waals surface area contributed by atoms with Crippen LogP contribution in [0, 0.1) is 6.92 Å². The highest BCUT2D eigenvalue weighted by Crippen LogP contribution is 2.17. The van der Waals surface area contributed by atoms with Gasteiger partial charge in [0.25, 0.3) is 5.91 Å². The van der Waals surface area contributed by atoms with Gasteiger partial charge in [0.2, 0.25) is 5.88 Å². The predicted molar refractivity (Wildman–Crippen MR) is 96.4 cm³/mol. The molecule has 0 spiro atoms. The second kappa shape index (κ2) is 7.76. The number of aromatic nitrogens is 2. The summed E-state index contributed by atoms with van der Waals surface area (Å²) in [5, 5.41) is 5.77. The molecule has 0 saturated heterocycles. The Kier molecular flexibility index (Phi) is 5.25. The Morgan fingerprint density at radius 1 is 1.20 bits per heavy atom. The number of methoxy groups -OCH3 is 1. The fraction of sp³-hybridized carbons (Fsp3) is 0.167. The molecular formula is C18H17N3O3S. The van der Waals surface area contributed by atoms with Crippen molar-refractivity contribution in [2.45, 2.75) is 13.5 Å². The quantitative estimate of drug-likeness (QED) is 0.730. The molecule has 6 nitrogen and oxygen atoms in total. The lowest BCUT2D eigenvalue weighted by atomic mass is 10.2. The van der Waals surface area contributed by atoms with Gasteiger partial charge in [0, 0.05) is 17.0 Å². The number of ether oxygens (including phenoxy) is 2. The van der Waals surface area contributed by atoms with Gasteiger partial charge in [0.15, 0.2) is 0 Å². The van der Waals surface area contributed by atoms with E-state index in [-0.39, 0.29) is 5.91 Å². The first-order valence-electron chi connectivity index (χ1n) is 7.59. The van der Waals surface area contributed by atoms with Crippen molar-refractivity contribution >= 4 is 22.9 Å². The van der Waals surface area contributed by atoms with E-state index < -0.39 is 0 Å². The van der Waals surface area contributed by atoms with E-state index in [1.165, 1.54) is 0 Å². The van der Waals surface area contributed by atoms with E-state index in [1.54, 1.807) is 61.0 Å². The van der Waals surface area contributed by atoms with Crippen molar-refractivity contribution in [1.29, 1.82) is 0 Å². The minimum absolute atomic E-state index is 0.214. The number of nitrogens with zero attached hydrogens (tertiary/aromatic N) is 2. The van der Waals surface area contributed by atoms with Crippen LogP contribution in [0.3, 0.4) is 0 Å². The van der Waals surface area contributed by atoms with Crippen molar-refractivity contribution < 1.29 is 14.3 Å². The zero-order chi connectivity index (χ0) is 17.6. The first-order valence-corrected chi connectivity index (χ1v) is 8.47. The molecule has 0 aliphatic rings. The summed E-state index contributed by atoms with van der Waals surface area (Å²) >= 11 is 1.59. The lowest BCUT2D eigenvalue weighted by Gasteiger charge is -2.07. The van der Waals surface area contributed by atoms with Crippen LogP contribution in [-0.2, 0) is 6.61 Å². The number of carbonyl (C=O) groups is 1. The van der Waals surface area contributed by atoms with E-state index in [1.807, 2.05) is 12.3 Å². The molecule has 0 aliphatic heterocycles. The number of nitrogens with one attached hydrogen (secondary N) is 1. The highest BCUT2D eigenvalue weighted by atomic mass is 32.1. The number of anilines is 1. The fourth-order valence-corrected chi connectivity index (χ4v) is 2.71. The number of rotatable bonds is 6. The first kappa shape index (κ1) is 16.9. The Morgan fingerprint density at radius 3 is 2.60 bits per heavy atom. The molecule has 0 unspecified atom stereocenters. The molecule has 0 aliphatic carbocycles. The van der Waals surface area contributed by atoms with E-state index in [0.29, 0.717) is 29.5 Å². The standard InChI is InChI=1S/C18H17N3O3S/c1-12-20-15(11-25-12)10-24-16-6-3-13(4-7-16)18(22)21-14-5-8-17(23-2)19-9-14/h3-9,11H,10H2,1-2H3,(H,21,22). The summed E-state index contributed by atoms with van der Waals surface area (Å²) in [6, 6.07) is 10.4. The molecule has 1 aromatic carbocycles. The zero-order valence-electron chi connectivity index (χ0n) is 13.9. The van der Waals surface area contributed by atoms with Gasteiger partial charge in [-0.3, -0.25) is 4.79 Å². The molecule has 3 aromatic rings. The maximum atomic E-state index is 12.2. The number of amides is 1. The van der Waals surface area contributed by atoms with Gasteiger partial charge in [-0.1, -0.05) is 0 Å². The van der Waals surface area contributed by atoms with Crippen LogP contribution in [0.1, 0.15) is 21.1 Å². The number of pyridine rings is 1. The van der Waals surface area contributed by atoms with Crippen molar-refractivity contribution in [2.24, 2.45) is 0 Å². The molecule has 1 N–H and O–H groups in total. The number of carbonyl (C=O) groups excluding carboxylic acids is 1. The summed E-state index contributed by atoms with van der Waals surface area (Å²) in [5.41, 5.74) is 2.04. The maximum absolute atomic E-state index is 12.2. The fourth-order valence-electron chi connectivity index (χ4n) is 2.11. The minimum atomic E-state index is -0.214. The molecule has 25 heavy (non-hydrogen) atoms. The third-order valence-electron chi connectivity index (χ3n) is 3.37. The number of benzene rings is 1. The third kappa shape index (κ3) is 4.54. The Morgan fingerprint density at radius 2 is 2.00 bits per heavy atom. The molecule has 2 heterocycles. The maximum Gasteiger partial charge on any atom is 0.255 e. The largest absolute Gasteiger partial charge is 0.487 e. The van der Waals surface area contributed by atoms with Gasteiger partial charge >= 0.3 is 0 Å². The smallest absolute Gasteiger partial charge is 0.255 e. The Balaban J connectivity index is 1.57. The van der Waals surface area contributed by atoms with Gasteiger partial charge in [-0.2, -0.15) is 0 Å². The summed E-state index contributed by atoms with van der Waals surface area (Å²) in [4.78, 5) is 20.6. The Hall–Kier alpha value is -2.93. The molecule has 0 atom stereocenters. The molecular weight excluding hydrogens is 338 g/mol. The van der Waals surface area contributed by atoms with Gasteiger partial charge in [0.05, 0.1) is 29.7 Å². The number of hydrogen-bond donors (Lipinski definition) is 1. The second-order valence-corrected chi connectivity index (χ2v) is 6.28. The Labute approximate surface area is 149 Å². The van der Waals surface area contributed by atoms with E-state index in [0.717, 1.165) is 10.7 Å². The SMILES string of the molecule is COc1ccc(NC(=O)c2ccc(OCc3csc(C)n3)cc2)cn1. The zero-order valence-corrected chi connectivity index (χ0v) is 14.7. The van der Waals surface area contributed by atoms with Crippen LogP contribution in [0.15, 0.2) is 48.0 Å². The second-order valence-electron chi connectivity index (χ2n) is 5.21. The van der Waals surface area contributed by atoms with E-state index >= 15 is 0 Å². The summed E-state index contributed by atoms with van der Waals surface area (Å²) < 4.78 is 10.7. The molecule has 0 radical (unpaired) electrons. The van der Waals surface area contributed by atoms with Crippen molar-refractivity contribution in [1.82, 2.24) is 9.97 Å². The monoisotopic (exact) mass is 355 g/mol. The average Bonchev–Trinajstić information content (AvgIpc) is 3.06. The normalized spacial score (nSPS) is 10.3. The van der Waals surface area contributed by atoms with E-state index in [4.69, 9.17) is 9.47 Å². The van der Waals surface area contributed by atoms with Crippen molar-refractivity contribution in [3.05, 3.63) is 64.2 Å².